The Labute approximate surface area is 153 Å². The van der Waals surface area contributed by atoms with E-state index in [0.29, 0.717) is 0 Å². The summed E-state index contributed by atoms with van der Waals surface area (Å²) in [5, 5.41) is 2.66. The molecule has 0 spiro atoms. The van der Waals surface area contributed by atoms with Gasteiger partial charge in [0.15, 0.2) is 0 Å². The van der Waals surface area contributed by atoms with E-state index in [1.54, 1.807) is 5.56 Å². The van der Waals surface area contributed by atoms with Gasteiger partial charge in [-0.25, -0.2) is 0 Å². The molecule has 1 aliphatic rings. The van der Waals surface area contributed by atoms with Crippen molar-refractivity contribution in [2.75, 3.05) is 6.61 Å². The standard InChI is InChI=1S/C24H34O/c1-3-5-6-16-25-24-15-14-22-17-21(12-13-23(22)18-24)20-10-8-19(7-4-2)9-11-20/h12-15,17-20H,3-11,16H2,1-2H3. The Morgan fingerprint density at radius 1 is 0.840 bits per heavy atom. The van der Waals surface area contributed by atoms with Crippen LogP contribution in [0, 0.1) is 5.92 Å². The molecule has 0 aromatic heterocycles. The molecule has 3 rings (SSSR count). The molecule has 1 heteroatoms. The summed E-state index contributed by atoms with van der Waals surface area (Å²) in [5.41, 5.74) is 1.54. The molecule has 1 saturated carbocycles. The monoisotopic (exact) mass is 338 g/mol. The van der Waals surface area contributed by atoms with E-state index in [2.05, 4.69) is 50.2 Å². The first-order chi connectivity index (χ1) is 12.3. The maximum Gasteiger partial charge on any atom is 0.119 e. The van der Waals surface area contributed by atoms with E-state index < -0.39 is 0 Å². The molecule has 0 aliphatic heterocycles. The van der Waals surface area contributed by atoms with E-state index in [4.69, 9.17) is 4.74 Å². The van der Waals surface area contributed by atoms with Crippen LogP contribution in [-0.4, -0.2) is 6.61 Å². The van der Waals surface area contributed by atoms with Gasteiger partial charge in [0.1, 0.15) is 5.75 Å². The molecule has 1 nitrogen and oxygen atoms in total. The second-order valence-electron chi connectivity index (χ2n) is 7.83. The van der Waals surface area contributed by atoms with Crippen LogP contribution in [0.3, 0.4) is 0 Å². The summed E-state index contributed by atoms with van der Waals surface area (Å²) < 4.78 is 5.90. The quantitative estimate of drug-likeness (QED) is 0.453. The van der Waals surface area contributed by atoms with Crippen LogP contribution >= 0.6 is 0 Å². The van der Waals surface area contributed by atoms with Crippen LogP contribution < -0.4 is 4.74 Å². The molecule has 0 amide bonds. The highest BCUT2D eigenvalue weighted by Gasteiger charge is 2.21. The van der Waals surface area contributed by atoms with Gasteiger partial charge in [0.05, 0.1) is 6.61 Å². The number of rotatable bonds is 8. The van der Waals surface area contributed by atoms with Gasteiger partial charge in [-0.3, -0.25) is 0 Å². The highest BCUT2D eigenvalue weighted by Crippen LogP contribution is 2.38. The maximum atomic E-state index is 5.90. The van der Waals surface area contributed by atoms with Gasteiger partial charge >= 0.3 is 0 Å². The Kier molecular flexibility index (Phi) is 6.78. The average molecular weight is 339 g/mol. The van der Waals surface area contributed by atoms with Crippen molar-refractivity contribution in [2.24, 2.45) is 5.92 Å². The predicted molar refractivity (Wildman–Crippen MR) is 109 cm³/mol. The van der Waals surface area contributed by atoms with Crippen LogP contribution in [0.2, 0.25) is 0 Å². The van der Waals surface area contributed by atoms with Gasteiger partial charge < -0.3 is 4.74 Å². The van der Waals surface area contributed by atoms with Crippen LogP contribution in [0.1, 0.15) is 83.1 Å². The minimum absolute atomic E-state index is 0.766. The Hall–Kier alpha value is -1.50. The first-order valence-corrected chi connectivity index (χ1v) is 10.5. The molecule has 0 bridgehead atoms. The summed E-state index contributed by atoms with van der Waals surface area (Å²) in [7, 11) is 0. The smallest absolute Gasteiger partial charge is 0.119 e. The fourth-order valence-corrected chi connectivity index (χ4v) is 4.32. The number of benzene rings is 2. The largest absolute Gasteiger partial charge is 0.494 e. The summed E-state index contributed by atoms with van der Waals surface area (Å²) in [6.45, 7) is 5.37. The molecular formula is C24H34O. The third kappa shape index (κ3) is 5.00. The lowest BCUT2D eigenvalue weighted by Crippen LogP contribution is -2.13. The lowest BCUT2D eigenvalue weighted by molar-refractivity contribution is 0.306. The van der Waals surface area contributed by atoms with Crippen molar-refractivity contribution in [1.82, 2.24) is 0 Å². The first-order valence-electron chi connectivity index (χ1n) is 10.5. The topological polar surface area (TPSA) is 9.23 Å². The molecule has 0 heterocycles. The fourth-order valence-electron chi connectivity index (χ4n) is 4.32. The average Bonchev–Trinajstić information content (AvgIpc) is 2.66. The Morgan fingerprint density at radius 3 is 2.36 bits per heavy atom. The van der Waals surface area contributed by atoms with Crippen molar-refractivity contribution in [1.29, 1.82) is 0 Å². The normalized spacial score (nSPS) is 20.7. The van der Waals surface area contributed by atoms with Crippen LogP contribution in [0.5, 0.6) is 5.75 Å². The lowest BCUT2D eigenvalue weighted by atomic mass is 9.77. The van der Waals surface area contributed by atoms with E-state index in [0.717, 1.165) is 30.6 Å². The van der Waals surface area contributed by atoms with Crippen molar-refractivity contribution in [3.05, 3.63) is 42.0 Å². The Morgan fingerprint density at radius 2 is 1.60 bits per heavy atom. The van der Waals surface area contributed by atoms with Gasteiger partial charge in [0, 0.05) is 0 Å². The summed E-state index contributed by atoms with van der Waals surface area (Å²) in [4.78, 5) is 0. The molecule has 2 aromatic rings. The van der Waals surface area contributed by atoms with Crippen LogP contribution in [0.4, 0.5) is 0 Å². The van der Waals surface area contributed by atoms with Crippen LogP contribution in [0.15, 0.2) is 36.4 Å². The van der Waals surface area contributed by atoms with Crippen molar-refractivity contribution >= 4 is 10.8 Å². The van der Waals surface area contributed by atoms with E-state index >= 15 is 0 Å². The van der Waals surface area contributed by atoms with E-state index in [-0.39, 0.29) is 0 Å². The molecule has 136 valence electrons. The fraction of sp³-hybridized carbons (Fsp3) is 0.583. The Balaban J connectivity index is 1.63. The minimum atomic E-state index is 0.766. The van der Waals surface area contributed by atoms with Crippen LogP contribution in [-0.2, 0) is 0 Å². The van der Waals surface area contributed by atoms with Crippen molar-refractivity contribution < 1.29 is 4.74 Å². The number of unbranched alkanes of at least 4 members (excludes halogenated alkanes) is 2. The van der Waals surface area contributed by atoms with Gasteiger partial charge in [-0.15, -0.1) is 0 Å². The highest BCUT2D eigenvalue weighted by atomic mass is 16.5. The Bertz CT molecular complexity index is 652. The summed E-state index contributed by atoms with van der Waals surface area (Å²) in [6.07, 6.45) is 12.0. The van der Waals surface area contributed by atoms with Gasteiger partial charge in [-0.2, -0.15) is 0 Å². The van der Waals surface area contributed by atoms with Crippen molar-refractivity contribution in [3.8, 4) is 5.75 Å². The summed E-state index contributed by atoms with van der Waals surface area (Å²) in [6, 6.07) is 13.6. The van der Waals surface area contributed by atoms with Gasteiger partial charge in [-0.1, -0.05) is 63.8 Å². The number of ether oxygens (including phenoxy) is 1. The second kappa shape index (κ2) is 9.27. The SMILES string of the molecule is CCCCCOc1ccc2cc(C3CCC(CCC)CC3)ccc2c1. The number of hydrogen-bond donors (Lipinski definition) is 0. The summed E-state index contributed by atoms with van der Waals surface area (Å²) >= 11 is 0. The van der Waals surface area contributed by atoms with Crippen LogP contribution in [0.25, 0.3) is 10.8 Å². The zero-order valence-corrected chi connectivity index (χ0v) is 16.1. The number of hydrogen-bond acceptors (Lipinski definition) is 1. The number of fused-ring (bicyclic) bond motifs is 1. The van der Waals surface area contributed by atoms with Crippen molar-refractivity contribution in [3.63, 3.8) is 0 Å². The molecule has 25 heavy (non-hydrogen) atoms. The van der Waals surface area contributed by atoms with Crippen molar-refractivity contribution in [2.45, 2.75) is 77.6 Å². The van der Waals surface area contributed by atoms with E-state index in [1.807, 2.05) is 0 Å². The lowest BCUT2D eigenvalue weighted by Gasteiger charge is -2.28. The molecule has 0 unspecified atom stereocenters. The van der Waals surface area contributed by atoms with E-state index in [1.165, 1.54) is 62.1 Å². The maximum absolute atomic E-state index is 5.90. The van der Waals surface area contributed by atoms with Gasteiger partial charge in [0.25, 0.3) is 0 Å². The minimum Gasteiger partial charge on any atom is -0.494 e. The van der Waals surface area contributed by atoms with E-state index in [9.17, 15) is 0 Å². The third-order valence-corrected chi connectivity index (χ3v) is 5.87. The zero-order valence-electron chi connectivity index (χ0n) is 16.1. The predicted octanol–water partition coefficient (Wildman–Crippen LogP) is 7.48. The molecule has 2 aromatic carbocycles. The molecular weight excluding hydrogens is 304 g/mol. The molecule has 0 radical (unpaired) electrons. The second-order valence-corrected chi connectivity index (χ2v) is 7.83. The summed E-state index contributed by atoms with van der Waals surface area (Å²) in [5.74, 6) is 2.76. The van der Waals surface area contributed by atoms with Gasteiger partial charge in [0.2, 0.25) is 0 Å². The highest BCUT2D eigenvalue weighted by molar-refractivity contribution is 5.84. The zero-order chi connectivity index (χ0) is 17.5. The molecule has 1 aliphatic carbocycles. The molecule has 1 fully saturated rings. The molecule has 0 saturated heterocycles. The van der Waals surface area contributed by atoms with Gasteiger partial charge in [-0.05, 0) is 72.4 Å². The molecule has 0 atom stereocenters. The third-order valence-electron chi connectivity index (χ3n) is 5.87. The first kappa shape index (κ1) is 18.3. The molecule has 0 N–H and O–H groups in total.